The first-order valence-corrected chi connectivity index (χ1v) is 10.6. The summed E-state index contributed by atoms with van der Waals surface area (Å²) in [7, 11) is 0.275. The average molecular weight is 449 g/mol. The Balaban J connectivity index is 1.77. The van der Waals surface area contributed by atoms with E-state index in [4.69, 9.17) is 14.2 Å². The summed E-state index contributed by atoms with van der Waals surface area (Å²) < 4.78 is 42.7. The van der Waals surface area contributed by atoms with Gasteiger partial charge >= 0.3 is 0 Å². The highest BCUT2D eigenvalue weighted by Crippen LogP contribution is 2.34. The molecule has 1 heterocycles. The van der Waals surface area contributed by atoms with E-state index >= 15 is 0 Å². The summed E-state index contributed by atoms with van der Waals surface area (Å²) in [6.07, 6.45) is 0. The van der Waals surface area contributed by atoms with E-state index in [0.29, 0.717) is 28.4 Å². The molecule has 0 radical (unpaired) electrons. The van der Waals surface area contributed by atoms with Crippen molar-refractivity contribution in [3.05, 3.63) is 35.9 Å². The van der Waals surface area contributed by atoms with Crippen LogP contribution in [0.15, 0.2) is 35.2 Å². The number of aryl methyl sites for hydroxylation is 1. The number of anilines is 2. The molecule has 0 saturated carbocycles. The molecule has 1 aliphatic rings. The molecule has 0 saturated heterocycles. The Hall–Kier alpha value is -3.31. The molecule has 3 rings (SSSR count). The Kier molecular flexibility index (Phi) is 6.37. The third-order valence-electron chi connectivity index (χ3n) is 4.60. The topological polar surface area (TPSA) is 123 Å². The fourth-order valence-corrected chi connectivity index (χ4v) is 4.37. The molecule has 166 valence electrons. The van der Waals surface area contributed by atoms with Crippen molar-refractivity contribution < 1.29 is 32.2 Å². The monoisotopic (exact) mass is 449 g/mol. The number of hydrogen-bond donors (Lipinski definition) is 2. The van der Waals surface area contributed by atoms with Crippen LogP contribution in [0.3, 0.4) is 0 Å². The predicted molar refractivity (Wildman–Crippen MR) is 113 cm³/mol. The maximum absolute atomic E-state index is 13.1. The third kappa shape index (κ3) is 4.89. The van der Waals surface area contributed by atoms with Gasteiger partial charge in [-0.1, -0.05) is 0 Å². The van der Waals surface area contributed by atoms with Crippen molar-refractivity contribution in [2.45, 2.75) is 11.8 Å². The lowest BCUT2D eigenvalue weighted by molar-refractivity contribution is -0.118. The number of fused-ring (bicyclic) bond motifs is 1. The van der Waals surface area contributed by atoms with Gasteiger partial charge in [-0.05, 0) is 18.6 Å². The van der Waals surface area contributed by atoms with Crippen LogP contribution >= 0.6 is 0 Å². The molecule has 2 aromatic carbocycles. The van der Waals surface area contributed by atoms with Crippen LogP contribution in [-0.2, 0) is 19.6 Å². The number of hydrogen-bond acceptors (Lipinski definition) is 7. The summed E-state index contributed by atoms with van der Waals surface area (Å²) in [6.45, 7) is 0.984. The quantitative estimate of drug-likeness (QED) is 0.658. The van der Waals surface area contributed by atoms with E-state index in [-0.39, 0.29) is 23.2 Å². The van der Waals surface area contributed by atoms with Gasteiger partial charge in [-0.25, -0.2) is 8.42 Å². The first-order chi connectivity index (χ1) is 14.6. The van der Waals surface area contributed by atoms with Crippen molar-refractivity contribution in [1.29, 1.82) is 0 Å². The Labute approximate surface area is 180 Å². The first kappa shape index (κ1) is 22.4. The number of amides is 2. The maximum atomic E-state index is 13.1. The largest absolute Gasteiger partial charge is 0.497 e. The normalized spacial score (nSPS) is 13.1. The molecule has 11 heteroatoms. The van der Waals surface area contributed by atoms with Gasteiger partial charge in [0.1, 0.15) is 17.2 Å². The minimum absolute atomic E-state index is 0.0132. The predicted octanol–water partition coefficient (Wildman–Crippen LogP) is 1.60. The Bertz CT molecular complexity index is 1110. The van der Waals surface area contributed by atoms with E-state index in [1.54, 1.807) is 25.1 Å². The smallest absolute Gasteiger partial charge is 0.262 e. The van der Waals surface area contributed by atoms with Crippen molar-refractivity contribution in [2.75, 3.05) is 45.1 Å². The van der Waals surface area contributed by atoms with Crippen molar-refractivity contribution in [2.24, 2.45) is 0 Å². The molecule has 1 aliphatic heterocycles. The van der Waals surface area contributed by atoms with Gasteiger partial charge < -0.3 is 24.8 Å². The maximum Gasteiger partial charge on any atom is 0.262 e. The van der Waals surface area contributed by atoms with Crippen molar-refractivity contribution in [1.82, 2.24) is 4.31 Å². The first-order valence-electron chi connectivity index (χ1n) is 9.20. The van der Waals surface area contributed by atoms with Crippen LogP contribution < -0.4 is 24.8 Å². The zero-order valence-corrected chi connectivity index (χ0v) is 18.3. The minimum Gasteiger partial charge on any atom is -0.497 e. The summed E-state index contributed by atoms with van der Waals surface area (Å²) in [5, 5.41) is 5.27. The lowest BCUT2D eigenvalue weighted by Crippen LogP contribution is -2.35. The van der Waals surface area contributed by atoms with Crippen LogP contribution in [0.5, 0.6) is 17.2 Å². The van der Waals surface area contributed by atoms with E-state index in [1.165, 1.54) is 33.4 Å². The highest BCUT2D eigenvalue weighted by atomic mass is 32.2. The van der Waals surface area contributed by atoms with E-state index in [9.17, 15) is 18.0 Å². The molecule has 2 N–H and O–H groups in total. The van der Waals surface area contributed by atoms with Gasteiger partial charge in [0.2, 0.25) is 15.9 Å². The summed E-state index contributed by atoms with van der Waals surface area (Å²) in [4.78, 5) is 23.9. The van der Waals surface area contributed by atoms with Crippen LogP contribution in [0.1, 0.15) is 5.56 Å². The second-order valence-electron chi connectivity index (χ2n) is 6.86. The number of carbonyl (C=O) groups excluding carboxylic acids is 2. The number of nitrogens with one attached hydrogen (secondary N) is 2. The number of benzene rings is 2. The average Bonchev–Trinajstić information content (AvgIpc) is 2.72. The van der Waals surface area contributed by atoms with Crippen LogP contribution in [0.2, 0.25) is 0 Å². The molecule has 31 heavy (non-hydrogen) atoms. The molecule has 2 aromatic rings. The van der Waals surface area contributed by atoms with Crippen molar-refractivity contribution >= 4 is 33.2 Å². The van der Waals surface area contributed by atoms with Crippen LogP contribution in [0.25, 0.3) is 0 Å². The highest BCUT2D eigenvalue weighted by molar-refractivity contribution is 7.89. The molecule has 0 aliphatic carbocycles. The number of likely N-dealkylation sites (N-methyl/N-ethyl adjacent to an activating group) is 1. The van der Waals surface area contributed by atoms with Crippen molar-refractivity contribution in [3.63, 3.8) is 0 Å². The number of rotatable bonds is 7. The second-order valence-corrected chi connectivity index (χ2v) is 8.87. The standard InChI is InChI=1S/C20H23N3O7S/c1-12-5-16-17(30-11-20(25)22-16)9-18(12)31(26,27)23(2)10-19(24)21-13-6-14(28-3)8-15(7-13)29-4/h5-9H,10-11H2,1-4H3,(H,21,24)(H,22,25). The molecule has 0 atom stereocenters. The zero-order chi connectivity index (χ0) is 22.8. The van der Waals surface area contributed by atoms with Gasteiger partial charge in [0.05, 0.1) is 31.3 Å². The number of nitrogens with zero attached hydrogens (tertiary/aromatic N) is 1. The summed E-state index contributed by atoms with van der Waals surface area (Å²) in [6, 6.07) is 7.70. The molecular formula is C20H23N3O7S. The number of ether oxygens (including phenoxy) is 3. The molecule has 0 bridgehead atoms. The molecule has 0 unspecified atom stereocenters. The fourth-order valence-electron chi connectivity index (χ4n) is 3.03. The summed E-state index contributed by atoms with van der Waals surface area (Å²) >= 11 is 0. The Morgan fingerprint density at radius 1 is 1.16 bits per heavy atom. The number of methoxy groups -OCH3 is 2. The molecular weight excluding hydrogens is 426 g/mol. The fraction of sp³-hybridized carbons (Fsp3) is 0.300. The summed E-state index contributed by atoms with van der Waals surface area (Å²) in [5.74, 6) is 0.357. The Morgan fingerprint density at radius 3 is 2.42 bits per heavy atom. The molecule has 0 spiro atoms. The zero-order valence-electron chi connectivity index (χ0n) is 17.5. The lowest BCUT2D eigenvalue weighted by atomic mass is 10.2. The van der Waals surface area contributed by atoms with Crippen LogP contribution in [0, 0.1) is 6.92 Å². The Morgan fingerprint density at radius 2 is 1.81 bits per heavy atom. The van der Waals surface area contributed by atoms with Crippen LogP contribution in [0.4, 0.5) is 11.4 Å². The summed E-state index contributed by atoms with van der Waals surface area (Å²) in [5.41, 5.74) is 1.22. The van der Waals surface area contributed by atoms with Crippen LogP contribution in [-0.4, -0.2) is 59.0 Å². The van der Waals surface area contributed by atoms with Gasteiger partial charge in [0.15, 0.2) is 6.61 Å². The second kappa shape index (κ2) is 8.82. The SMILES string of the molecule is COc1cc(NC(=O)CN(C)S(=O)(=O)c2cc3c(cc2C)NC(=O)CO3)cc(OC)c1. The van der Waals surface area contributed by atoms with E-state index in [1.807, 2.05) is 0 Å². The third-order valence-corrected chi connectivity index (χ3v) is 6.55. The van der Waals surface area contributed by atoms with Gasteiger partial charge in [-0.3, -0.25) is 9.59 Å². The lowest BCUT2D eigenvalue weighted by Gasteiger charge is -2.22. The van der Waals surface area contributed by atoms with Gasteiger partial charge in [0, 0.05) is 37.0 Å². The minimum atomic E-state index is -4.00. The highest BCUT2D eigenvalue weighted by Gasteiger charge is 2.28. The van der Waals surface area contributed by atoms with Gasteiger partial charge in [0.25, 0.3) is 5.91 Å². The number of sulfonamides is 1. The van der Waals surface area contributed by atoms with E-state index in [2.05, 4.69) is 10.6 Å². The molecule has 0 fully saturated rings. The molecule has 2 amide bonds. The van der Waals surface area contributed by atoms with Crippen molar-refractivity contribution in [3.8, 4) is 17.2 Å². The number of carbonyl (C=O) groups is 2. The molecule has 10 nitrogen and oxygen atoms in total. The molecule has 0 aromatic heterocycles. The van der Waals surface area contributed by atoms with Gasteiger partial charge in [-0.15, -0.1) is 0 Å². The van der Waals surface area contributed by atoms with E-state index < -0.39 is 22.5 Å². The van der Waals surface area contributed by atoms with E-state index in [0.717, 1.165) is 4.31 Å². The van der Waals surface area contributed by atoms with Gasteiger partial charge in [-0.2, -0.15) is 4.31 Å².